The van der Waals surface area contributed by atoms with Crippen LogP contribution >= 0.6 is 27.3 Å². The summed E-state index contributed by atoms with van der Waals surface area (Å²) in [5.74, 6) is 0.179. The first-order valence-electron chi connectivity index (χ1n) is 13.2. The van der Waals surface area contributed by atoms with Crippen LogP contribution in [0.25, 0.3) is 11.8 Å². The van der Waals surface area contributed by atoms with Gasteiger partial charge in [0, 0.05) is 21.5 Å². The van der Waals surface area contributed by atoms with Gasteiger partial charge in [0.1, 0.15) is 12.4 Å². The Morgan fingerprint density at radius 3 is 2.49 bits per heavy atom. The first-order chi connectivity index (χ1) is 19.7. The van der Waals surface area contributed by atoms with Crippen LogP contribution in [0, 0.1) is 13.8 Å². The van der Waals surface area contributed by atoms with E-state index >= 15 is 0 Å². The van der Waals surface area contributed by atoms with E-state index in [0.717, 1.165) is 32.7 Å². The molecule has 0 N–H and O–H groups in total. The molecular formula is C32H30BrN3O4S. The zero-order chi connectivity index (χ0) is 29.3. The van der Waals surface area contributed by atoms with Crippen molar-refractivity contribution in [1.29, 1.82) is 0 Å². The van der Waals surface area contributed by atoms with Gasteiger partial charge in [-0.2, -0.15) is 0 Å². The molecule has 0 saturated heterocycles. The van der Waals surface area contributed by atoms with Gasteiger partial charge in [0.2, 0.25) is 0 Å². The maximum Gasteiger partial charge on any atom is 0.338 e. The summed E-state index contributed by atoms with van der Waals surface area (Å²) in [5, 5.41) is 0. The summed E-state index contributed by atoms with van der Waals surface area (Å²) >= 11 is 4.81. The Balaban J connectivity index is 1.65. The smallest absolute Gasteiger partial charge is 0.338 e. The van der Waals surface area contributed by atoms with Gasteiger partial charge in [-0.1, -0.05) is 52.1 Å². The van der Waals surface area contributed by atoms with Gasteiger partial charge in [0.15, 0.2) is 4.80 Å². The van der Waals surface area contributed by atoms with Crippen molar-refractivity contribution in [3.05, 3.63) is 125 Å². The van der Waals surface area contributed by atoms with Crippen LogP contribution in [0.5, 0.6) is 5.75 Å². The average Bonchev–Trinajstić information content (AvgIpc) is 3.41. The van der Waals surface area contributed by atoms with E-state index in [1.165, 1.54) is 11.3 Å². The Morgan fingerprint density at radius 1 is 1.12 bits per heavy atom. The van der Waals surface area contributed by atoms with Crippen LogP contribution in [0.2, 0.25) is 0 Å². The number of carbonyl (C=O) groups is 1. The first kappa shape index (κ1) is 28.6. The number of hydrogen-bond acceptors (Lipinski definition) is 6. The summed E-state index contributed by atoms with van der Waals surface area (Å²) in [6.07, 6.45) is 3.58. The molecule has 5 rings (SSSR count). The minimum absolute atomic E-state index is 0.214. The number of rotatable bonds is 8. The van der Waals surface area contributed by atoms with Crippen molar-refractivity contribution in [3.63, 3.8) is 0 Å². The van der Waals surface area contributed by atoms with Crippen LogP contribution in [0.15, 0.2) is 92.8 Å². The zero-order valence-electron chi connectivity index (χ0n) is 23.3. The molecule has 0 bridgehead atoms. The first-order valence-corrected chi connectivity index (χ1v) is 14.8. The van der Waals surface area contributed by atoms with Crippen molar-refractivity contribution in [2.75, 3.05) is 13.2 Å². The monoisotopic (exact) mass is 631 g/mol. The molecule has 1 atom stereocenters. The molecule has 0 unspecified atom stereocenters. The summed E-state index contributed by atoms with van der Waals surface area (Å²) in [6.45, 7) is 11.9. The molecule has 2 aromatic heterocycles. The molecule has 0 amide bonds. The van der Waals surface area contributed by atoms with Gasteiger partial charge in [-0.25, -0.2) is 9.79 Å². The molecular weight excluding hydrogens is 602 g/mol. The second-order valence-electron chi connectivity index (χ2n) is 9.61. The molecule has 210 valence electrons. The molecule has 0 aliphatic carbocycles. The highest BCUT2D eigenvalue weighted by Gasteiger charge is 2.33. The number of halogens is 1. The lowest BCUT2D eigenvalue weighted by Crippen LogP contribution is -2.39. The minimum atomic E-state index is -0.684. The molecule has 0 spiro atoms. The molecule has 2 aromatic carbocycles. The second-order valence-corrected chi connectivity index (χ2v) is 11.5. The molecule has 9 heteroatoms. The van der Waals surface area contributed by atoms with Crippen molar-refractivity contribution >= 4 is 39.3 Å². The van der Waals surface area contributed by atoms with E-state index in [1.54, 1.807) is 24.5 Å². The van der Waals surface area contributed by atoms with Crippen molar-refractivity contribution in [1.82, 2.24) is 9.13 Å². The van der Waals surface area contributed by atoms with Gasteiger partial charge >= 0.3 is 5.97 Å². The number of carbonyl (C=O) groups excluding carboxylic acids is 1. The van der Waals surface area contributed by atoms with Gasteiger partial charge in [0.25, 0.3) is 5.56 Å². The quantitative estimate of drug-likeness (QED) is 0.189. The summed E-state index contributed by atoms with van der Waals surface area (Å²) in [4.78, 5) is 32.4. The highest BCUT2D eigenvalue weighted by molar-refractivity contribution is 9.10. The molecule has 7 nitrogen and oxygen atoms in total. The number of aromatic nitrogens is 2. The van der Waals surface area contributed by atoms with Crippen LogP contribution < -0.4 is 19.6 Å². The van der Waals surface area contributed by atoms with Crippen LogP contribution in [-0.4, -0.2) is 28.3 Å². The zero-order valence-corrected chi connectivity index (χ0v) is 25.7. The summed E-state index contributed by atoms with van der Waals surface area (Å²) < 4.78 is 16.4. The molecule has 4 aromatic rings. The number of nitrogens with zero attached hydrogens (tertiary/aromatic N) is 3. The van der Waals surface area contributed by atoms with Crippen molar-refractivity contribution in [2.45, 2.75) is 33.7 Å². The maximum atomic E-state index is 14.0. The van der Waals surface area contributed by atoms with Gasteiger partial charge in [0.05, 0.1) is 28.5 Å². The van der Waals surface area contributed by atoms with Gasteiger partial charge in [-0.3, -0.25) is 9.36 Å². The van der Waals surface area contributed by atoms with Crippen molar-refractivity contribution in [2.24, 2.45) is 4.99 Å². The van der Waals surface area contributed by atoms with Crippen LogP contribution in [0.4, 0.5) is 0 Å². The fraction of sp³-hybridized carbons (Fsp3) is 0.219. The van der Waals surface area contributed by atoms with E-state index in [1.807, 2.05) is 56.3 Å². The van der Waals surface area contributed by atoms with Gasteiger partial charge in [-0.15, -0.1) is 0 Å². The molecule has 41 heavy (non-hydrogen) atoms. The summed E-state index contributed by atoms with van der Waals surface area (Å²) in [7, 11) is 0. The van der Waals surface area contributed by atoms with E-state index in [4.69, 9.17) is 9.47 Å². The van der Waals surface area contributed by atoms with E-state index in [2.05, 4.69) is 50.3 Å². The largest absolute Gasteiger partial charge is 0.490 e. The molecule has 0 radical (unpaired) electrons. The molecule has 3 heterocycles. The van der Waals surface area contributed by atoms with E-state index in [9.17, 15) is 9.59 Å². The Morgan fingerprint density at radius 2 is 1.83 bits per heavy atom. The lowest BCUT2D eigenvalue weighted by molar-refractivity contribution is -0.139. The third-order valence-electron chi connectivity index (χ3n) is 6.92. The van der Waals surface area contributed by atoms with Gasteiger partial charge in [-0.05, 0) is 87.4 Å². The number of ether oxygens (including phenoxy) is 2. The topological polar surface area (TPSA) is 74.8 Å². The molecule has 1 aliphatic rings. The van der Waals surface area contributed by atoms with Crippen LogP contribution in [0.1, 0.15) is 42.4 Å². The Kier molecular flexibility index (Phi) is 8.28. The fourth-order valence-corrected chi connectivity index (χ4v) is 6.37. The third kappa shape index (κ3) is 5.52. The number of thiazole rings is 1. The number of hydrogen-bond donors (Lipinski definition) is 0. The van der Waals surface area contributed by atoms with Crippen molar-refractivity contribution in [3.8, 4) is 11.4 Å². The normalized spacial score (nSPS) is 15.0. The molecule has 0 saturated carbocycles. The highest BCUT2D eigenvalue weighted by Crippen LogP contribution is 2.32. The Labute approximate surface area is 250 Å². The lowest BCUT2D eigenvalue weighted by Gasteiger charge is -2.24. The molecule has 0 fully saturated rings. The lowest BCUT2D eigenvalue weighted by atomic mass is 9.96. The number of fused-ring (bicyclic) bond motifs is 1. The predicted octanol–water partition coefficient (Wildman–Crippen LogP) is 5.53. The van der Waals surface area contributed by atoms with Gasteiger partial charge < -0.3 is 14.0 Å². The summed E-state index contributed by atoms with van der Waals surface area (Å²) in [5.41, 5.74) is 5.48. The van der Waals surface area contributed by atoms with Crippen LogP contribution in [-0.2, 0) is 9.53 Å². The van der Waals surface area contributed by atoms with Crippen LogP contribution in [0.3, 0.4) is 0 Å². The van der Waals surface area contributed by atoms with E-state index in [-0.39, 0.29) is 12.2 Å². The third-order valence-corrected chi connectivity index (χ3v) is 8.43. The standard InChI is InChI=1S/C32H30BrN3O4S/c1-6-16-40-26-14-8-22(9-15-26)29-28(31(38)39-7-2)20(4)34-32-36(29)30(37)27(41-32)18-23-17-19(3)35(21(23)5)25-12-10-24(33)11-13-25/h6,8-15,17-18,29H,1,7,16H2,2-5H3/b27-18-/t29-/m0/s1. The van der Waals surface area contributed by atoms with Crippen molar-refractivity contribution < 1.29 is 14.3 Å². The SMILES string of the molecule is C=CCOc1ccc([C@H]2C(C(=O)OCC)=C(C)N=c3s/c(=C\c4cc(C)n(-c5ccc(Br)cc5)c4C)c(=O)n32)cc1. The number of aryl methyl sites for hydroxylation is 1. The Bertz CT molecular complexity index is 1840. The fourth-order valence-electron chi connectivity index (χ4n) is 5.07. The second kappa shape index (κ2) is 11.9. The number of allylic oxidation sites excluding steroid dienone is 1. The Hall–Kier alpha value is -3.95. The minimum Gasteiger partial charge on any atom is -0.490 e. The number of benzene rings is 2. The highest BCUT2D eigenvalue weighted by atomic mass is 79.9. The van der Waals surface area contributed by atoms with E-state index in [0.29, 0.717) is 33.0 Å². The maximum absolute atomic E-state index is 14.0. The number of esters is 1. The van der Waals surface area contributed by atoms with E-state index < -0.39 is 12.0 Å². The summed E-state index contributed by atoms with van der Waals surface area (Å²) in [6, 6.07) is 16.9. The molecule has 1 aliphatic heterocycles. The predicted molar refractivity (Wildman–Crippen MR) is 165 cm³/mol. The average molecular weight is 633 g/mol.